The van der Waals surface area contributed by atoms with Crippen LogP contribution in [-0.2, 0) is 6.61 Å². The van der Waals surface area contributed by atoms with Crippen LogP contribution < -0.4 is 0 Å². The van der Waals surface area contributed by atoms with E-state index < -0.39 is 0 Å². The van der Waals surface area contributed by atoms with Crippen LogP contribution in [0, 0.1) is 17.2 Å². The molecule has 0 amide bonds. The quantitative estimate of drug-likeness (QED) is 0.876. The smallest absolute Gasteiger partial charge is 0.0681 e. The lowest BCUT2D eigenvalue weighted by molar-refractivity contribution is 0.282. The Morgan fingerprint density at radius 2 is 1.60 bits per heavy atom. The molecule has 0 spiro atoms. The van der Waals surface area contributed by atoms with Gasteiger partial charge in [-0.05, 0) is 29.5 Å². The summed E-state index contributed by atoms with van der Waals surface area (Å²) in [6, 6.07) is 20.4. The van der Waals surface area contributed by atoms with Crippen LogP contribution in [0.25, 0.3) is 11.1 Å². The largest absolute Gasteiger partial charge is 0.392 e. The molecule has 0 saturated heterocycles. The first kappa shape index (κ1) is 14.3. The predicted molar refractivity (Wildman–Crippen MR) is 82.9 cm³/mol. The second-order valence-electron chi connectivity index (χ2n) is 4.98. The summed E-state index contributed by atoms with van der Waals surface area (Å²) >= 11 is 0. The highest BCUT2D eigenvalue weighted by molar-refractivity contribution is 5.63. The Labute approximate surface area is 121 Å². The third kappa shape index (κ3) is 3.94. The van der Waals surface area contributed by atoms with E-state index in [4.69, 9.17) is 10.4 Å². The van der Waals surface area contributed by atoms with E-state index in [1.54, 1.807) is 0 Å². The number of nitrogens with zero attached hydrogens (tertiary/aromatic N) is 1. The SMILES string of the molecule is N#CC1CCC1.OCc1ccc(-c2ccccc2)cc1.[HH]. The zero-order valence-corrected chi connectivity index (χ0v) is 11.5. The Morgan fingerprint density at radius 1 is 1.00 bits per heavy atom. The van der Waals surface area contributed by atoms with Crippen molar-refractivity contribution in [1.29, 1.82) is 5.26 Å². The second-order valence-corrected chi connectivity index (χ2v) is 4.98. The molecule has 1 aliphatic carbocycles. The maximum Gasteiger partial charge on any atom is 0.0681 e. The molecule has 1 N–H and O–H groups in total. The summed E-state index contributed by atoms with van der Waals surface area (Å²) < 4.78 is 0. The zero-order chi connectivity index (χ0) is 14.2. The van der Waals surface area contributed by atoms with E-state index >= 15 is 0 Å². The van der Waals surface area contributed by atoms with Gasteiger partial charge >= 0.3 is 0 Å². The Hall–Kier alpha value is -2.11. The molecule has 104 valence electrons. The van der Waals surface area contributed by atoms with Gasteiger partial charge < -0.3 is 5.11 Å². The highest BCUT2D eigenvalue weighted by Gasteiger charge is 2.14. The van der Waals surface area contributed by atoms with Crippen molar-refractivity contribution in [3.8, 4) is 17.2 Å². The third-order valence-electron chi connectivity index (χ3n) is 3.53. The van der Waals surface area contributed by atoms with Crippen LogP contribution in [-0.4, -0.2) is 5.11 Å². The highest BCUT2D eigenvalue weighted by Crippen LogP contribution is 2.24. The Morgan fingerprint density at radius 3 is 2.00 bits per heavy atom. The molecular formula is C18H21NO. The molecule has 3 rings (SSSR count). The third-order valence-corrected chi connectivity index (χ3v) is 3.53. The Bertz CT molecular complexity index is 556. The lowest BCUT2D eigenvalue weighted by Crippen LogP contribution is -2.06. The van der Waals surface area contributed by atoms with Gasteiger partial charge in [0.15, 0.2) is 0 Å². The summed E-state index contributed by atoms with van der Waals surface area (Å²) in [5.41, 5.74) is 3.34. The first-order valence-corrected chi connectivity index (χ1v) is 6.98. The topological polar surface area (TPSA) is 44.0 Å². The van der Waals surface area contributed by atoms with Gasteiger partial charge in [-0.2, -0.15) is 5.26 Å². The molecule has 0 radical (unpaired) electrons. The minimum Gasteiger partial charge on any atom is -0.392 e. The van der Waals surface area contributed by atoms with Crippen molar-refractivity contribution < 1.29 is 6.53 Å². The second kappa shape index (κ2) is 7.47. The number of benzene rings is 2. The Balaban J connectivity index is 0.000000267. The van der Waals surface area contributed by atoms with Crippen LogP contribution in [0.15, 0.2) is 54.6 Å². The molecule has 0 bridgehead atoms. The van der Waals surface area contributed by atoms with Crippen LogP contribution in [0.3, 0.4) is 0 Å². The first-order valence-electron chi connectivity index (χ1n) is 6.98. The molecule has 0 unspecified atom stereocenters. The molecule has 1 fully saturated rings. The average Bonchev–Trinajstić information content (AvgIpc) is 2.48. The van der Waals surface area contributed by atoms with Crippen molar-refractivity contribution in [1.82, 2.24) is 0 Å². The summed E-state index contributed by atoms with van der Waals surface area (Å²) in [5, 5.41) is 17.0. The summed E-state index contributed by atoms with van der Waals surface area (Å²) in [4.78, 5) is 0. The summed E-state index contributed by atoms with van der Waals surface area (Å²) in [6.45, 7) is 0.106. The minimum absolute atomic E-state index is 0. The number of rotatable bonds is 2. The van der Waals surface area contributed by atoms with Crippen LogP contribution in [0.2, 0.25) is 0 Å². The molecule has 20 heavy (non-hydrogen) atoms. The molecule has 2 heteroatoms. The molecular weight excluding hydrogens is 246 g/mol. The summed E-state index contributed by atoms with van der Waals surface area (Å²) in [5.74, 6) is 0.421. The maximum atomic E-state index is 8.90. The van der Waals surface area contributed by atoms with E-state index in [1.165, 1.54) is 17.5 Å². The molecule has 0 aromatic heterocycles. The van der Waals surface area contributed by atoms with Crippen LogP contribution in [0.4, 0.5) is 0 Å². The predicted octanol–water partition coefficient (Wildman–Crippen LogP) is 4.40. The van der Waals surface area contributed by atoms with Crippen molar-refractivity contribution in [2.75, 3.05) is 0 Å². The number of aliphatic hydroxyl groups excluding tert-OH is 1. The van der Waals surface area contributed by atoms with E-state index in [9.17, 15) is 0 Å². The minimum atomic E-state index is 0. The van der Waals surface area contributed by atoms with Gasteiger partial charge in [0, 0.05) is 7.34 Å². The van der Waals surface area contributed by atoms with Crippen molar-refractivity contribution in [3.63, 3.8) is 0 Å². The molecule has 2 nitrogen and oxygen atoms in total. The van der Waals surface area contributed by atoms with Crippen molar-refractivity contribution in [3.05, 3.63) is 60.2 Å². The lowest BCUT2D eigenvalue weighted by Gasteiger charge is -2.15. The van der Waals surface area contributed by atoms with E-state index in [0.717, 1.165) is 18.4 Å². The van der Waals surface area contributed by atoms with Crippen molar-refractivity contribution >= 4 is 0 Å². The van der Waals surface area contributed by atoms with Gasteiger partial charge in [0.05, 0.1) is 12.7 Å². The fourth-order valence-electron chi connectivity index (χ4n) is 1.97. The molecule has 2 aromatic carbocycles. The highest BCUT2D eigenvalue weighted by atomic mass is 16.3. The van der Waals surface area contributed by atoms with Crippen LogP contribution in [0.5, 0.6) is 0 Å². The summed E-state index contributed by atoms with van der Waals surface area (Å²) in [6.07, 6.45) is 3.57. The van der Waals surface area contributed by atoms with E-state index in [1.807, 2.05) is 42.5 Å². The number of aliphatic hydroxyl groups is 1. The van der Waals surface area contributed by atoms with Crippen LogP contribution in [0.1, 0.15) is 26.3 Å². The van der Waals surface area contributed by atoms with Gasteiger partial charge in [-0.25, -0.2) is 0 Å². The molecule has 2 aromatic rings. The van der Waals surface area contributed by atoms with Gasteiger partial charge in [-0.1, -0.05) is 61.0 Å². The molecule has 0 heterocycles. The van der Waals surface area contributed by atoms with E-state index in [-0.39, 0.29) is 8.03 Å². The van der Waals surface area contributed by atoms with Crippen molar-refractivity contribution in [2.45, 2.75) is 25.9 Å². The normalized spacial score (nSPS) is 13.6. The molecule has 1 saturated carbocycles. The molecule has 0 aliphatic heterocycles. The first-order chi connectivity index (χ1) is 9.83. The van der Waals surface area contributed by atoms with Gasteiger partial charge in [0.25, 0.3) is 0 Å². The Kier molecular flexibility index (Phi) is 5.34. The van der Waals surface area contributed by atoms with Gasteiger partial charge in [-0.3, -0.25) is 0 Å². The number of nitriles is 1. The number of hydrogen-bond donors (Lipinski definition) is 1. The zero-order valence-electron chi connectivity index (χ0n) is 11.5. The average molecular weight is 267 g/mol. The fourth-order valence-corrected chi connectivity index (χ4v) is 1.97. The molecule has 1 aliphatic rings. The van der Waals surface area contributed by atoms with Gasteiger partial charge in [-0.15, -0.1) is 0 Å². The summed E-state index contributed by atoms with van der Waals surface area (Å²) in [7, 11) is 0. The van der Waals surface area contributed by atoms with Gasteiger partial charge in [0.2, 0.25) is 0 Å². The standard InChI is InChI=1S/C13H12O.C5H7N.H2/c14-10-11-6-8-13(9-7-11)12-4-2-1-3-5-12;6-4-5-2-1-3-5;/h1-9,14H,10H2;5H,1-3H2;1H. The monoisotopic (exact) mass is 267 g/mol. The number of hydrogen-bond acceptors (Lipinski definition) is 2. The van der Waals surface area contributed by atoms with Crippen LogP contribution >= 0.6 is 0 Å². The van der Waals surface area contributed by atoms with E-state index in [2.05, 4.69) is 18.2 Å². The van der Waals surface area contributed by atoms with Crippen molar-refractivity contribution in [2.24, 2.45) is 5.92 Å². The molecule has 0 atom stereocenters. The van der Waals surface area contributed by atoms with E-state index in [0.29, 0.717) is 5.92 Å². The fraction of sp³-hybridized carbons (Fsp3) is 0.278. The maximum absolute atomic E-state index is 8.90. The lowest BCUT2D eigenvalue weighted by atomic mass is 9.87. The van der Waals surface area contributed by atoms with Gasteiger partial charge in [0.1, 0.15) is 0 Å².